The lowest BCUT2D eigenvalue weighted by Crippen LogP contribution is -2.37. The molecule has 0 bridgehead atoms. The van der Waals surface area contributed by atoms with E-state index in [9.17, 15) is 19.0 Å². The van der Waals surface area contributed by atoms with E-state index in [4.69, 9.17) is 18.5 Å². The van der Waals surface area contributed by atoms with E-state index >= 15 is 0 Å². The van der Waals surface area contributed by atoms with Crippen molar-refractivity contribution in [2.24, 2.45) is 0 Å². The van der Waals surface area contributed by atoms with Gasteiger partial charge in [0.1, 0.15) is 19.8 Å². The summed E-state index contributed by atoms with van der Waals surface area (Å²) in [6.07, 6.45) is 109. The Balaban J connectivity index is 4.12. The van der Waals surface area contributed by atoms with Crippen molar-refractivity contribution in [3.63, 3.8) is 0 Å². The first-order chi connectivity index (χ1) is 46.0. The van der Waals surface area contributed by atoms with Gasteiger partial charge in [-0.25, -0.2) is 0 Å². The smallest absolute Gasteiger partial charge is 0.306 e. The average molecular weight is 1330 g/mol. The van der Waals surface area contributed by atoms with Crippen LogP contribution in [-0.2, 0) is 32.7 Å². The van der Waals surface area contributed by atoms with Gasteiger partial charge in [0, 0.05) is 12.8 Å². The van der Waals surface area contributed by atoms with Crippen LogP contribution in [0.15, 0.2) is 158 Å². The van der Waals surface area contributed by atoms with E-state index in [1.165, 1.54) is 161 Å². The van der Waals surface area contributed by atoms with E-state index in [-0.39, 0.29) is 26.1 Å². The van der Waals surface area contributed by atoms with E-state index in [0.717, 1.165) is 116 Å². The minimum Gasteiger partial charge on any atom is -0.756 e. The number of phosphoric ester groups is 1. The monoisotopic (exact) mass is 1320 g/mol. The number of allylic oxidation sites excluding steroid dienone is 26. The molecule has 0 amide bonds. The van der Waals surface area contributed by atoms with Gasteiger partial charge >= 0.3 is 11.9 Å². The van der Waals surface area contributed by atoms with Gasteiger partial charge in [0.15, 0.2) is 6.10 Å². The Morgan fingerprint density at radius 1 is 0.340 bits per heavy atom. The molecule has 0 rings (SSSR count). The fourth-order valence-corrected chi connectivity index (χ4v) is 11.0. The zero-order chi connectivity index (χ0) is 68.3. The van der Waals surface area contributed by atoms with E-state index in [1.807, 2.05) is 21.1 Å². The van der Waals surface area contributed by atoms with Crippen LogP contribution in [-0.4, -0.2) is 70.0 Å². The van der Waals surface area contributed by atoms with Crippen molar-refractivity contribution in [3.05, 3.63) is 158 Å². The molecule has 0 heterocycles. The third-order valence-corrected chi connectivity index (χ3v) is 17.0. The van der Waals surface area contributed by atoms with Gasteiger partial charge < -0.3 is 27.9 Å². The van der Waals surface area contributed by atoms with Crippen LogP contribution in [0.5, 0.6) is 0 Å². The van der Waals surface area contributed by atoms with E-state index < -0.39 is 32.5 Å². The number of phosphoric acid groups is 1. The predicted molar refractivity (Wildman–Crippen MR) is 406 cm³/mol. The lowest BCUT2D eigenvalue weighted by molar-refractivity contribution is -0.870. The molecule has 10 heteroatoms. The van der Waals surface area contributed by atoms with Crippen LogP contribution in [0.3, 0.4) is 0 Å². The minimum absolute atomic E-state index is 0.0445. The molecular weight excluding hydrogens is 1180 g/mol. The number of carbonyl (C=O) groups is 2. The van der Waals surface area contributed by atoms with Crippen LogP contribution < -0.4 is 4.89 Å². The summed E-state index contributed by atoms with van der Waals surface area (Å²) in [5.41, 5.74) is 0. The number of carbonyl (C=O) groups excluding carboxylic acids is 2. The Morgan fingerprint density at radius 3 is 0.915 bits per heavy atom. The van der Waals surface area contributed by atoms with E-state index in [2.05, 4.69) is 172 Å². The summed E-state index contributed by atoms with van der Waals surface area (Å²) < 4.78 is 34.3. The average Bonchev–Trinajstić information content (AvgIpc) is 1.56. The lowest BCUT2D eigenvalue weighted by Gasteiger charge is -2.28. The summed E-state index contributed by atoms with van der Waals surface area (Å²) in [6.45, 7) is 4.09. The summed E-state index contributed by atoms with van der Waals surface area (Å²) in [7, 11) is 1.13. The maximum absolute atomic E-state index is 12.9. The molecule has 0 aliphatic carbocycles. The number of likely N-dealkylation sites (N-methyl/N-ethyl adjacent to an activating group) is 1. The molecule has 0 saturated carbocycles. The van der Waals surface area contributed by atoms with E-state index in [1.54, 1.807) is 0 Å². The summed E-state index contributed by atoms with van der Waals surface area (Å²) >= 11 is 0. The molecule has 0 N–H and O–H groups in total. The predicted octanol–water partition coefficient (Wildman–Crippen LogP) is 24.9. The number of esters is 2. The first-order valence-electron chi connectivity index (χ1n) is 38.2. The second kappa shape index (κ2) is 72.9. The number of unbranched alkanes of at least 4 members (excludes halogenated alkanes) is 29. The van der Waals surface area contributed by atoms with Crippen LogP contribution in [0, 0.1) is 0 Å². The highest BCUT2D eigenvalue weighted by molar-refractivity contribution is 7.45. The Kier molecular flexibility index (Phi) is 69.5. The highest BCUT2D eigenvalue weighted by Crippen LogP contribution is 2.38. The van der Waals surface area contributed by atoms with Gasteiger partial charge in [0.25, 0.3) is 7.82 Å². The molecule has 0 aliphatic rings. The maximum Gasteiger partial charge on any atom is 0.306 e. The first-order valence-corrected chi connectivity index (χ1v) is 39.7. The highest BCUT2D eigenvalue weighted by atomic mass is 31.2. The molecule has 2 atom stereocenters. The zero-order valence-electron chi connectivity index (χ0n) is 61.1. The van der Waals surface area contributed by atoms with Gasteiger partial charge in [-0.1, -0.05) is 326 Å². The summed E-state index contributed by atoms with van der Waals surface area (Å²) in [5, 5.41) is 0. The number of rotatable bonds is 69. The van der Waals surface area contributed by atoms with Crippen molar-refractivity contribution in [2.75, 3.05) is 47.5 Å². The molecule has 0 spiro atoms. The van der Waals surface area contributed by atoms with Gasteiger partial charge in [-0.05, 0) is 128 Å². The largest absolute Gasteiger partial charge is 0.756 e. The topological polar surface area (TPSA) is 111 Å². The van der Waals surface area contributed by atoms with Gasteiger partial charge in [-0.3, -0.25) is 14.2 Å². The van der Waals surface area contributed by atoms with Crippen molar-refractivity contribution in [3.8, 4) is 0 Å². The number of hydrogen-bond donors (Lipinski definition) is 0. The van der Waals surface area contributed by atoms with Gasteiger partial charge in [-0.2, -0.15) is 0 Å². The third-order valence-electron chi connectivity index (χ3n) is 16.0. The van der Waals surface area contributed by atoms with Crippen LogP contribution >= 0.6 is 7.82 Å². The van der Waals surface area contributed by atoms with Crippen LogP contribution in [0.4, 0.5) is 0 Å². The fraction of sp³-hybridized carbons (Fsp3) is 0.667. The standard InChI is InChI=1S/C84H142NO8P/c1-6-8-10-12-14-16-18-20-22-24-26-28-30-32-34-36-38-40-41-42-43-45-47-49-51-53-55-57-59-61-63-65-67-69-71-73-75-77-84(87)93-82(81-92-94(88,89)91-79-78-85(3,4)5)80-90-83(86)76-74-72-70-68-66-64-62-60-58-56-54-52-50-48-46-44-39-37-35-33-31-29-27-25-23-21-19-17-15-13-11-9-7-2/h8,10,14,16,19-22,25-28,32,34,38,40,42-43,47,49,53,55,59,61,65,67,82H,6-7,9,11-13,15,17-18,23-24,29-31,33,35-37,39,41,44-46,48,50-52,54,56-58,60,62-64,66,68-81H2,1-5H3/b10-8-,16-14-,21-19-,22-20-,27-25-,28-26-,34-32-,40-38-,43-42-,49-47-,55-53-,61-59-,67-65-. The Labute approximate surface area is 579 Å². The maximum atomic E-state index is 12.9. The Bertz CT molecular complexity index is 2150. The number of hydrogen-bond acceptors (Lipinski definition) is 8. The van der Waals surface area contributed by atoms with Gasteiger partial charge in [0.05, 0.1) is 27.7 Å². The lowest BCUT2D eigenvalue weighted by atomic mass is 10.0. The SMILES string of the molecule is CC/C=C\C/C=C\C/C=C\C/C=C\C/C=C\C/C=C\C/C=C\C/C=C\C/C=C\C/C=C\C/C=C\CCCCCC(=O)OC(COC(=O)CCCCCCCCCCCCCCCCCCCCCCC/C=C\C/C=C\CCCCCCC)COP(=O)([O-])OCC[N+](C)(C)C. The molecule has 9 nitrogen and oxygen atoms in total. The van der Waals surface area contributed by atoms with Crippen molar-refractivity contribution in [1.29, 1.82) is 0 Å². The minimum atomic E-state index is -4.66. The van der Waals surface area contributed by atoms with Crippen molar-refractivity contribution in [1.82, 2.24) is 0 Å². The second-order valence-corrected chi connectivity index (χ2v) is 27.7. The van der Waals surface area contributed by atoms with Crippen LogP contribution in [0.1, 0.15) is 309 Å². The molecule has 0 aromatic heterocycles. The Hall–Kier alpha value is -4.37. The van der Waals surface area contributed by atoms with Gasteiger partial charge in [0.2, 0.25) is 0 Å². The van der Waals surface area contributed by atoms with E-state index in [0.29, 0.717) is 17.4 Å². The van der Waals surface area contributed by atoms with Crippen molar-refractivity contribution in [2.45, 2.75) is 315 Å². The Morgan fingerprint density at radius 2 is 0.606 bits per heavy atom. The fourth-order valence-electron chi connectivity index (χ4n) is 10.2. The summed E-state index contributed by atoms with van der Waals surface area (Å²) in [4.78, 5) is 38.1. The molecule has 0 saturated heterocycles. The van der Waals surface area contributed by atoms with Crippen molar-refractivity contribution >= 4 is 19.8 Å². The molecule has 536 valence electrons. The molecule has 0 fully saturated rings. The molecule has 0 aromatic rings. The second-order valence-electron chi connectivity index (χ2n) is 26.3. The van der Waals surface area contributed by atoms with Gasteiger partial charge in [-0.15, -0.1) is 0 Å². The first kappa shape index (κ1) is 89.6. The highest BCUT2D eigenvalue weighted by Gasteiger charge is 2.22. The van der Waals surface area contributed by atoms with Crippen molar-refractivity contribution < 1.29 is 42.1 Å². The number of ether oxygens (including phenoxy) is 2. The third kappa shape index (κ3) is 76.6. The number of quaternary nitrogens is 1. The summed E-state index contributed by atoms with van der Waals surface area (Å²) in [6, 6.07) is 0. The van der Waals surface area contributed by atoms with Crippen LogP contribution in [0.25, 0.3) is 0 Å². The number of nitrogens with zero attached hydrogens (tertiary/aromatic N) is 1. The normalized spacial score (nSPS) is 14.0. The molecule has 0 radical (unpaired) electrons. The molecule has 0 aliphatic heterocycles. The quantitative estimate of drug-likeness (QED) is 0.0195. The summed E-state index contributed by atoms with van der Waals surface area (Å²) in [5.74, 6) is -0.873. The zero-order valence-corrected chi connectivity index (χ0v) is 62.0. The van der Waals surface area contributed by atoms with Crippen LogP contribution in [0.2, 0.25) is 0 Å². The molecule has 94 heavy (non-hydrogen) atoms. The molecule has 2 unspecified atom stereocenters. The molecule has 0 aromatic carbocycles. The molecular formula is C84H142NO8P.